The number of carbonyl (C=O) groups excluding carboxylic acids is 2. The molecule has 1 aliphatic rings. The summed E-state index contributed by atoms with van der Waals surface area (Å²) >= 11 is 3.29. The molecule has 2 rings (SSSR count). The summed E-state index contributed by atoms with van der Waals surface area (Å²) in [6.45, 7) is 2.09. The van der Waals surface area contributed by atoms with Crippen LogP contribution in [0.4, 0.5) is 11.4 Å². The minimum atomic E-state index is -0.846. The van der Waals surface area contributed by atoms with E-state index in [9.17, 15) is 19.7 Å². The lowest BCUT2D eigenvalue weighted by atomic mass is 10.1. The zero-order valence-corrected chi connectivity index (χ0v) is 18.5. The zero-order valence-electron chi connectivity index (χ0n) is 16.9. The maximum Gasteiger partial charge on any atom is 0.355 e. The lowest BCUT2D eigenvalue weighted by Gasteiger charge is -2.31. The van der Waals surface area contributed by atoms with Crippen LogP contribution in [-0.2, 0) is 23.8 Å². The van der Waals surface area contributed by atoms with Crippen LogP contribution in [0.5, 0.6) is 5.75 Å². The van der Waals surface area contributed by atoms with E-state index in [1.165, 1.54) is 17.0 Å². The van der Waals surface area contributed by atoms with Crippen LogP contribution in [0.25, 0.3) is 0 Å². The third-order valence-corrected chi connectivity index (χ3v) is 4.97. The molecule has 0 aliphatic carbocycles. The van der Waals surface area contributed by atoms with Crippen molar-refractivity contribution in [3.05, 3.63) is 38.0 Å². The molecule has 1 heterocycles. The number of anilines is 1. The van der Waals surface area contributed by atoms with E-state index in [4.69, 9.17) is 18.9 Å². The van der Waals surface area contributed by atoms with Gasteiger partial charge in [0, 0.05) is 12.1 Å². The quantitative estimate of drug-likeness (QED) is 0.224. The summed E-state index contributed by atoms with van der Waals surface area (Å²) in [5.41, 5.74) is -0.565. The van der Waals surface area contributed by atoms with Gasteiger partial charge in [0.25, 0.3) is 5.69 Å². The molecule has 0 N–H and O–H groups in total. The molecule has 0 atom stereocenters. The number of hydrogen-bond acceptors (Lipinski definition) is 9. The summed E-state index contributed by atoms with van der Waals surface area (Å²) in [5.74, 6) is -1.28. The molecular formula is C19H23BrN2O8. The highest BCUT2D eigenvalue weighted by Gasteiger charge is 2.36. The average Bonchev–Trinajstić information content (AvgIpc) is 2.75. The van der Waals surface area contributed by atoms with Crippen molar-refractivity contribution in [1.82, 2.24) is 0 Å². The van der Waals surface area contributed by atoms with Crippen LogP contribution < -0.4 is 9.64 Å². The van der Waals surface area contributed by atoms with Crippen molar-refractivity contribution in [2.45, 2.75) is 26.2 Å². The second-order valence-corrected chi connectivity index (χ2v) is 7.15. The molecule has 1 aromatic carbocycles. The smallest absolute Gasteiger partial charge is 0.355 e. The molecule has 0 radical (unpaired) electrons. The Hall–Kier alpha value is -2.66. The molecule has 0 spiro atoms. The fraction of sp³-hybridized carbons (Fsp3) is 0.474. The molecule has 1 aromatic rings. The van der Waals surface area contributed by atoms with Gasteiger partial charge >= 0.3 is 11.9 Å². The normalized spacial score (nSPS) is 13.8. The average molecular weight is 487 g/mol. The van der Waals surface area contributed by atoms with Gasteiger partial charge in [-0.05, 0) is 22.4 Å². The van der Waals surface area contributed by atoms with Crippen LogP contribution in [0, 0.1) is 10.1 Å². The maximum absolute atomic E-state index is 12.5. The first-order chi connectivity index (χ1) is 14.3. The van der Waals surface area contributed by atoms with E-state index in [1.807, 2.05) is 0 Å². The lowest BCUT2D eigenvalue weighted by molar-refractivity contribution is -0.384. The number of nitro benzene ring substituents is 1. The number of ether oxygens (including phenoxy) is 4. The lowest BCUT2D eigenvalue weighted by Crippen LogP contribution is -2.39. The number of methoxy groups -OCH3 is 2. The van der Waals surface area contributed by atoms with E-state index in [1.54, 1.807) is 0 Å². The molecule has 1 aliphatic heterocycles. The number of nitro groups is 1. The third kappa shape index (κ3) is 5.28. The van der Waals surface area contributed by atoms with Crippen molar-refractivity contribution >= 4 is 39.2 Å². The molecule has 0 aromatic heterocycles. The summed E-state index contributed by atoms with van der Waals surface area (Å²) in [7, 11) is 2.31. The first-order valence-corrected chi connectivity index (χ1v) is 10.0. The molecule has 30 heavy (non-hydrogen) atoms. The van der Waals surface area contributed by atoms with Crippen molar-refractivity contribution < 1.29 is 33.5 Å². The largest absolute Gasteiger partial charge is 0.492 e. The van der Waals surface area contributed by atoms with Crippen molar-refractivity contribution in [2.75, 3.05) is 39.1 Å². The van der Waals surface area contributed by atoms with Gasteiger partial charge in [-0.15, -0.1) is 0 Å². The van der Waals surface area contributed by atoms with Gasteiger partial charge in [0.05, 0.1) is 42.4 Å². The van der Waals surface area contributed by atoms with E-state index in [-0.39, 0.29) is 36.0 Å². The SMILES string of the molecule is CCCCCOc1cc(N2COCC(C(=O)OC)=C2C(=O)OC)c([N+](=O)[O-])cc1Br. The minimum absolute atomic E-state index is 0.0233. The Morgan fingerprint density at radius 2 is 1.93 bits per heavy atom. The Balaban J connectivity index is 2.58. The number of rotatable bonds is 9. The summed E-state index contributed by atoms with van der Waals surface area (Å²) in [6.07, 6.45) is 2.82. The Kier molecular flexibility index (Phi) is 8.60. The molecular weight excluding hydrogens is 464 g/mol. The summed E-state index contributed by atoms with van der Waals surface area (Å²) in [5, 5.41) is 11.7. The second kappa shape index (κ2) is 10.9. The number of esters is 2. The van der Waals surface area contributed by atoms with Gasteiger partial charge in [-0.2, -0.15) is 0 Å². The van der Waals surface area contributed by atoms with Crippen LogP contribution in [-0.4, -0.2) is 51.0 Å². The molecule has 10 nitrogen and oxygen atoms in total. The molecule has 0 unspecified atom stereocenters. The van der Waals surface area contributed by atoms with E-state index in [0.717, 1.165) is 33.5 Å². The highest BCUT2D eigenvalue weighted by molar-refractivity contribution is 9.10. The van der Waals surface area contributed by atoms with Gasteiger partial charge < -0.3 is 23.8 Å². The van der Waals surface area contributed by atoms with Gasteiger partial charge in [0.2, 0.25) is 0 Å². The van der Waals surface area contributed by atoms with Crippen LogP contribution in [0.15, 0.2) is 27.9 Å². The predicted octanol–water partition coefficient (Wildman–Crippen LogP) is 3.32. The van der Waals surface area contributed by atoms with E-state index in [2.05, 4.69) is 22.9 Å². The van der Waals surface area contributed by atoms with Crippen LogP contribution in [0.3, 0.4) is 0 Å². The summed E-state index contributed by atoms with van der Waals surface area (Å²) < 4.78 is 21.1. The molecule has 0 saturated heterocycles. The number of halogens is 1. The molecule has 164 valence electrons. The first-order valence-electron chi connectivity index (χ1n) is 9.21. The Labute approximate surface area is 182 Å². The van der Waals surface area contributed by atoms with Gasteiger partial charge in [0.15, 0.2) is 0 Å². The van der Waals surface area contributed by atoms with E-state index >= 15 is 0 Å². The minimum Gasteiger partial charge on any atom is -0.492 e. The first kappa shape index (κ1) is 23.6. The molecule has 0 amide bonds. The van der Waals surface area contributed by atoms with Crippen molar-refractivity contribution in [2.24, 2.45) is 0 Å². The van der Waals surface area contributed by atoms with Crippen molar-refractivity contribution in [1.29, 1.82) is 0 Å². The Bertz CT molecular complexity index is 855. The number of unbranched alkanes of at least 4 members (excludes halogenated alkanes) is 2. The van der Waals surface area contributed by atoms with E-state index < -0.39 is 16.9 Å². The highest BCUT2D eigenvalue weighted by atomic mass is 79.9. The fourth-order valence-electron chi connectivity index (χ4n) is 2.87. The summed E-state index contributed by atoms with van der Waals surface area (Å²) in [4.78, 5) is 36.9. The molecule has 0 fully saturated rings. The monoisotopic (exact) mass is 486 g/mol. The molecule has 0 saturated carbocycles. The summed E-state index contributed by atoms with van der Waals surface area (Å²) in [6, 6.07) is 2.71. The van der Waals surface area contributed by atoms with Gasteiger partial charge in [-0.3, -0.25) is 10.1 Å². The standard InChI is InChI=1S/C19H23BrN2O8/c1-4-5-6-7-30-16-9-14(15(22(25)26)8-13(16)20)21-11-29-10-12(18(23)27-2)17(21)19(24)28-3/h8-9H,4-7,10-11H2,1-3H3. The van der Waals surface area contributed by atoms with Crippen molar-refractivity contribution in [3.8, 4) is 5.75 Å². The highest BCUT2D eigenvalue weighted by Crippen LogP contribution is 2.41. The predicted molar refractivity (Wildman–Crippen MR) is 110 cm³/mol. The topological polar surface area (TPSA) is 117 Å². The van der Waals surface area contributed by atoms with Gasteiger partial charge in [-0.1, -0.05) is 19.8 Å². The number of carbonyl (C=O) groups is 2. The van der Waals surface area contributed by atoms with Crippen molar-refractivity contribution in [3.63, 3.8) is 0 Å². The Morgan fingerprint density at radius 1 is 1.23 bits per heavy atom. The van der Waals surface area contributed by atoms with Crippen LogP contribution in [0.1, 0.15) is 26.2 Å². The molecule has 0 bridgehead atoms. The van der Waals surface area contributed by atoms with Crippen LogP contribution >= 0.6 is 15.9 Å². The van der Waals surface area contributed by atoms with Gasteiger partial charge in [-0.25, -0.2) is 9.59 Å². The third-order valence-electron chi connectivity index (χ3n) is 4.36. The second-order valence-electron chi connectivity index (χ2n) is 6.30. The number of hydrogen-bond donors (Lipinski definition) is 0. The fourth-order valence-corrected chi connectivity index (χ4v) is 3.32. The van der Waals surface area contributed by atoms with Crippen LogP contribution in [0.2, 0.25) is 0 Å². The Morgan fingerprint density at radius 3 is 2.53 bits per heavy atom. The number of benzene rings is 1. The number of nitrogens with zero attached hydrogens (tertiary/aromatic N) is 2. The molecule has 11 heteroatoms. The van der Waals surface area contributed by atoms with E-state index in [0.29, 0.717) is 16.8 Å². The van der Waals surface area contributed by atoms with Gasteiger partial charge in [0.1, 0.15) is 23.9 Å². The maximum atomic E-state index is 12.5. The zero-order chi connectivity index (χ0) is 22.3.